The van der Waals surface area contributed by atoms with Gasteiger partial charge in [-0.15, -0.1) is 23.1 Å². The molecule has 1 aromatic carbocycles. The van der Waals surface area contributed by atoms with Crippen molar-refractivity contribution in [1.29, 1.82) is 0 Å². The van der Waals surface area contributed by atoms with Gasteiger partial charge in [0.15, 0.2) is 0 Å². The highest BCUT2D eigenvalue weighted by atomic mass is 32.2. The zero-order valence-electron chi connectivity index (χ0n) is 12.9. The van der Waals surface area contributed by atoms with E-state index in [1.54, 1.807) is 23.5 Å². The summed E-state index contributed by atoms with van der Waals surface area (Å²) in [6.07, 6.45) is 0. The van der Waals surface area contributed by atoms with E-state index in [0.717, 1.165) is 9.77 Å². The first-order valence-electron chi connectivity index (χ1n) is 7.17. The molecule has 1 atom stereocenters. The van der Waals surface area contributed by atoms with Gasteiger partial charge < -0.3 is 5.32 Å². The zero-order valence-corrected chi connectivity index (χ0v) is 14.5. The average molecular weight is 350 g/mol. The van der Waals surface area contributed by atoms with E-state index in [1.807, 2.05) is 17.5 Å². The smallest absolute Gasteiger partial charge is 0.269 e. The SMILES string of the molecule is CC(C)[C@H](NC(=O)CSc1ccc([N+](=O)[O-])cc1)c1cccs1. The molecule has 0 fully saturated rings. The molecule has 0 aliphatic rings. The molecule has 0 bridgehead atoms. The molecule has 7 heteroatoms. The topological polar surface area (TPSA) is 72.2 Å². The number of non-ortho nitro benzene ring substituents is 1. The van der Waals surface area contributed by atoms with E-state index < -0.39 is 4.92 Å². The molecule has 2 rings (SSSR count). The van der Waals surface area contributed by atoms with E-state index in [2.05, 4.69) is 19.2 Å². The standard InChI is InChI=1S/C16H18N2O3S2/c1-11(2)16(14-4-3-9-22-14)17-15(19)10-23-13-7-5-12(6-8-13)18(20)21/h3-9,11,16H,10H2,1-2H3,(H,17,19)/t16-/m0/s1. The maximum atomic E-state index is 12.2. The van der Waals surface area contributed by atoms with Gasteiger partial charge in [-0.1, -0.05) is 19.9 Å². The Kier molecular flexibility index (Phi) is 6.18. The Morgan fingerprint density at radius 3 is 2.52 bits per heavy atom. The van der Waals surface area contributed by atoms with Gasteiger partial charge in [0.1, 0.15) is 0 Å². The summed E-state index contributed by atoms with van der Waals surface area (Å²) >= 11 is 3.00. The molecule has 0 radical (unpaired) electrons. The molecule has 2 aromatic rings. The van der Waals surface area contributed by atoms with Gasteiger partial charge in [0.2, 0.25) is 5.91 Å². The monoisotopic (exact) mass is 350 g/mol. The highest BCUT2D eigenvalue weighted by molar-refractivity contribution is 8.00. The van der Waals surface area contributed by atoms with Crippen LogP contribution in [-0.2, 0) is 4.79 Å². The maximum Gasteiger partial charge on any atom is 0.269 e. The predicted molar refractivity (Wildman–Crippen MR) is 93.9 cm³/mol. The number of carbonyl (C=O) groups is 1. The van der Waals surface area contributed by atoms with Crippen LogP contribution in [0.3, 0.4) is 0 Å². The fourth-order valence-corrected chi connectivity index (χ4v) is 3.72. The number of carbonyl (C=O) groups excluding carboxylic acids is 1. The molecule has 0 saturated heterocycles. The molecule has 23 heavy (non-hydrogen) atoms. The summed E-state index contributed by atoms with van der Waals surface area (Å²) < 4.78 is 0. The minimum atomic E-state index is -0.435. The molecule has 122 valence electrons. The van der Waals surface area contributed by atoms with E-state index in [0.29, 0.717) is 5.92 Å². The molecule has 0 unspecified atom stereocenters. The summed E-state index contributed by atoms with van der Waals surface area (Å²) in [6.45, 7) is 4.16. The van der Waals surface area contributed by atoms with Gasteiger partial charge in [0.25, 0.3) is 5.69 Å². The van der Waals surface area contributed by atoms with Crippen molar-refractivity contribution in [2.75, 3.05) is 5.75 Å². The normalized spacial score (nSPS) is 12.1. The molecule has 0 spiro atoms. The average Bonchev–Trinajstić information content (AvgIpc) is 3.04. The summed E-state index contributed by atoms with van der Waals surface area (Å²) in [6, 6.07) is 10.2. The zero-order chi connectivity index (χ0) is 16.8. The maximum absolute atomic E-state index is 12.2. The number of thiophene rings is 1. The molecule has 1 N–H and O–H groups in total. The number of amides is 1. The Bertz CT molecular complexity index is 654. The number of hydrogen-bond acceptors (Lipinski definition) is 5. The van der Waals surface area contributed by atoms with Crippen LogP contribution in [0.4, 0.5) is 5.69 Å². The molecule has 0 aliphatic heterocycles. The molecular formula is C16H18N2O3S2. The van der Waals surface area contributed by atoms with Crippen LogP contribution in [0.1, 0.15) is 24.8 Å². The highest BCUT2D eigenvalue weighted by Gasteiger charge is 2.19. The van der Waals surface area contributed by atoms with E-state index in [4.69, 9.17) is 0 Å². The lowest BCUT2D eigenvalue weighted by molar-refractivity contribution is -0.384. The summed E-state index contributed by atoms with van der Waals surface area (Å²) in [4.78, 5) is 24.3. The third-order valence-corrected chi connectivity index (χ3v) is 5.22. The number of hydrogen-bond donors (Lipinski definition) is 1. The quantitative estimate of drug-likeness (QED) is 0.460. The minimum absolute atomic E-state index is 0.0139. The van der Waals surface area contributed by atoms with E-state index in [1.165, 1.54) is 23.9 Å². The van der Waals surface area contributed by atoms with Crippen molar-refractivity contribution in [3.05, 3.63) is 56.8 Å². The van der Waals surface area contributed by atoms with Crippen LogP contribution >= 0.6 is 23.1 Å². The molecule has 1 aromatic heterocycles. The second kappa shape index (κ2) is 8.12. The summed E-state index contributed by atoms with van der Waals surface area (Å²) in [5.41, 5.74) is 0.0522. The van der Waals surface area contributed by atoms with E-state index in [-0.39, 0.29) is 23.4 Å². The van der Waals surface area contributed by atoms with Gasteiger partial charge in [0.05, 0.1) is 16.7 Å². The fraction of sp³-hybridized carbons (Fsp3) is 0.312. The van der Waals surface area contributed by atoms with Gasteiger partial charge >= 0.3 is 0 Å². The molecule has 0 aliphatic carbocycles. The Hall–Kier alpha value is -1.86. The van der Waals surface area contributed by atoms with Crippen molar-refractivity contribution in [3.63, 3.8) is 0 Å². The van der Waals surface area contributed by atoms with Crippen molar-refractivity contribution in [3.8, 4) is 0 Å². The molecular weight excluding hydrogens is 332 g/mol. The molecule has 0 saturated carbocycles. The lowest BCUT2D eigenvalue weighted by Crippen LogP contribution is -2.32. The van der Waals surface area contributed by atoms with Crippen LogP contribution in [-0.4, -0.2) is 16.6 Å². The third kappa shape index (κ3) is 5.07. The van der Waals surface area contributed by atoms with Crippen molar-refractivity contribution in [2.45, 2.75) is 24.8 Å². The van der Waals surface area contributed by atoms with Crippen molar-refractivity contribution < 1.29 is 9.72 Å². The predicted octanol–water partition coefficient (Wildman–Crippen LogP) is 4.26. The summed E-state index contributed by atoms with van der Waals surface area (Å²) in [5, 5.41) is 15.7. The number of benzene rings is 1. The number of nitrogens with one attached hydrogen (secondary N) is 1. The van der Waals surface area contributed by atoms with Crippen LogP contribution < -0.4 is 5.32 Å². The minimum Gasteiger partial charge on any atom is -0.347 e. The van der Waals surface area contributed by atoms with Crippen molar-refractivity contribution >= 4 is 34.7 Å². The van der Waals surface area contributed by atoms with Crippen LogP contribution in [0.2, 0.25) is 0 Å². The number of nitro groups is 1. The lowest BCUT2D eigenvalue weighted by Gasteiger charge is -2.21. The third-order valence-electron chi connectivity index (χ3n) is 3.25. The first-order valence-corrected chi connectivity index (χ1v) is 9.04. The Morgan fingerprint density at radius 1 is 1.30 bits per heavy atom. The van der Waals surface area contributed by atoms with Crippen molar-refractivity contribution in [1.82, 2.24) is 5.32 Å². The lowest BCUT2D eigenvalue weighted by atomic mass is 10.0. The molecule has 1 heterocycles. The number of rotatable bonds is 7. The second-order valence-corrected chi connectivity index (χ2v) is 7.37. The van der Waals surface area contributed by atoms with E-state index in [9.17, 15) is 14.9 Å². The number of thioether (sulfide) groups is 1. The summed E-state index contributed by atoms with van der Waals surface area (Å²) in [5.74, 6) is 0.550. The Morgan fingerprint density at radius 2 is 2.00 bits per heavy atom. The van der Waals surface area contributed by atoms with Gasteiger partial charge in [-0.05, 0) is 29.5 Å². The van der Waals surface area contributed by atoms with Crippen LogP contribution in [0.15, 0.2) is 46.7 Å². The van der Waals surface area contributed by atoms with Gasteiger partial charge in [-0.25, -0.2) is 0 Å². The van der Waals surface area contributed by atoms with Gasteiger partial charge in [-0.3, -0.25) is 14.9 Å². The second-order valence-electron chi connectivity index (χ2n) is 5.34. The molecule has 5 nitrogen and oxygen atoms in total. The largest absolute Gasteiger partial charge is 0.347 e. The van der Waals surface area contributed by atoms with E-state index >= 15 is 0 Å². The first-order chi connectivity index (χ1) is 11.0. The van der Waals surface area contributed by atoms with Crippen LogP contribution in [0.25, 0.3) is 0 Å². The Balaban J connectivity index is 1.90. The Labute approximate surface area is 143 Å². The summed E-state index contributed by atoms with van der Waals surface area (Å²) in [7, 11) is 0. The van der Waals surface area contributed by atoms with Crippen LogP contribution in [0.5, 0.6) is 0 Å². The molecule has 1 amide bonds. The van der Waals surface area contributed by atoms with Crippen LogP contribution in [0, 0.1) is 16.0 Å². The van der Waals surface area contributed by atoms with Gasteiger partial charge in [-0.2, -0.15) is 0 Å². The van der Waals surface area contributed by atoms with Gasteiger partial charge in [0, 0.05) is 21.9 Å². The first kappa shape index (κ1) is 17.5. The highest BCUT2D eigenvalue weighted by Crippen LogP contribution is 2.26. The number of nitrogens with zero attached hydrogens (tertiary/aromatic N) is 1. The fourth-order valence-electron chi connectivity index (χ4n) is 2.06. The number of nitro benzene ring substituents is 1. The van der Waals surface area contributed by atoms with Crippen molar-refractivity contribution in [2.24, 2.45) is 5.92 Å².